The van der Waals surface area contributed by atoms with Crippen LogP contribution < -0.4 is 10.6 Å². The Morgan fingerprint density at radius 3 is 2.59 bits per heavy atom. The first-order valence-electron chi connectivity index (χ1n) is 8.85. The van der Waals surface area contributed by atoms with Crippen molar-refractivity contribution in [1.29, 1.82) is 0 Å². The molecule has 0 saturated heterocycles. The van der Waals surface area contributed by atoms with Gasteiger partial charge < -0.3 is 15.1 Å². The third kappa shape index (κ3) is 4.26. The molecule has 0 fully saturated rings. The van der Waals surface area contributed by atoms with Gasteiger partial charge in [0.25, 0.3) is 0 Å². The molecule has 0 aliphatic carbocycles. The quantitative estimate of drug-likeness (QED) is 0.633. The van der Waals surface area contributed by atoms with Gasteiger partial charge in [-0.2, -0.15) is 0 Å². The molecule has 2 aromatic carbocycles. The molecular weight excluding hydrogens is 340 g/mol. The number of aryl methyl sites for hydroxylation is 2. The molecule has 2 N–H and O–H groups in total. The van der Waals surface area contributed by atoms with Gasteiger partial charge in [-0.25, -0.2) is 0 Å². The minimum atomic E-state index is -0.278. The number of furan rings is 1. The van der Waals surface area contributed by atoms with E-state index in [1.807, 2.05) is 50.2 Å². The summed E-state index contributed by atoms with van der Waals surface area (Å²) in [5, 5.41) is 6.54. The number of hydrogen-bond donors (Lipinski definition) is 2. The normalized spacial score (nSPS) is 11.1. The van der Waals surface area contributed by atoms with E-state index in [0.29, 0.717) is 11.4 Å². The third-order valence-corrected chi connectivity index (χ3v) is 4.18. The van der Waals surface area contributed by atoms with Crippen LogP contribution >= 0.6 is 0 Å². The number of rotatable bonds is 5. The molecule has 3 rings (SSSR count). The summed E-state index contributed by atoms with van der Waals surface area (Å²) in [5.41, 5.74) is 3.83. The Labute approximate surface area is 158 Å². The molecule has 138 valence electrons. The average Bonchev–Trinajstić information content (AvgIpc) is 2.99. The molecule has 5 heteroatoms. The van der Waals surface area contributed by atoms with Gasteiger partial charge >= 0.3 is 0 Å². The van der Waals surface area contributed by atoms with Gasteiger partial charge in [-0.15, -0.1) is 0 Å². The number of nitrogens with one attached hydrogen (secondary N) is 2. The molecule has 0 aliphatic heterocycles. The molecule has 0 saturated carbocycles. The molecule has 1 heterocycles. The van der Waals surface area contributed by atoms with Crippen LogP contribution in [0.2, 0.25) is 0 Å². The lowest BCUT2D eigenvalue weighted by molar-refractivity contribution is -0.114. The highest BCUT2D eigenvalue weighted by atomic mass is 16.3. The maximum Gasteiger partial charge on any atom is 0.248 e. The number of carbonyl (C=O) groups is 2. The van der Waals surface area contributed by atoms with E-state index in [1.54, 1.807) is 12.1 Å². The lowest BCUT2D eigenvalue weighted by Gasteiger charge is -2.11. The number of anilines is 2. The van der Waals surface area contributed by atoms with E-state index < -0.39 is 0 Å². The Morgan fingerprint density at radius 2 is 1.85 bits per heavy atom. The molecule has 27 heavy (non-hydrogen) atoms. The van der Waals surface area contributed by atoms with Gasteiger partial charge in [0.15, 0.2) is 0 Å². The molecular formula is C22H22N2O3. The SMILES string of the molecule is CCc1oc2ccccc2c1/C=C/C(=O)Nc1cc(C)ccc1NC(C)=O. The predicted molar refractivity (Wildman–Crippen MR) is 109 cm³/mol. The Hall–Kier alpha value is -3.34. The fourth-order valence-corrected chi connectivity index (χ4v) is 2.95. The average molecular weight is 362 g/mol. The number of fused-ring (bicyclic) bond motifs is 1. The highest BCUT2D eigenvalue weighted by molar-refractivity contribution is 6.06. The van der Waals surface area contributed by atoms with E-state index in [4.69, 9.17) is 4.42 Å². The van der Waals surface area contributed by atoms with Crippen LogP contribution in [0.3, 0.4) is 0 Å². The smallest absolute Gasteiger partial charge is 0.248 e. The summed E-state index contributed by atoms with van der Waals surface area (Å²) >= 11 is 0. The topological polar surface area (TPSA) is 71.3 Å². The Balaban J connectivity index is 1.85. The van der Waals surface area contributed by atoms with Crippen molar-refractivity contribution in [3.63, 3.8) is 0 Å². The van der Waals surface area contributed by atoms with Gasteiger partial charge in [0.2, 0.25) is 11.8 Å². The second kappa shape index (κ2) is 7.91. The minimum absolute atomic E-state index is 0.192. The summed E-state index contributed by atoms with van der Waals surface area (Å²) in [6.45, 7) is 5.37. The fourth-order valence-electron chi connectivity index (χ4n) is 2.95. The van der Waals surface area contributed by atoms with E-state index >= 15 is 0 Å². The van der Waals surface area contributed by atoms with Crippen LogP contribution in [0.15, 0.2) is 53.0 Å². The summed E-state index contributed by atoms with van der Waals surface area (Å²) in [6, 6.07) is 13.2. The lowest BCUT2D eigenvalue weighted by atomic mass is 10.1. The van der Waals surface area contributed by atoms with Crippen molar-refractivity contribution >= 4 is 40.2 Å². The predicted octanol–water partition coefficient (Wildman–Crippen LogP) is 4.91. The van der Waals surface area contributed by atoms with Crippen LogP contribution in [-0.2, 0) is 16.0 Å². The summed E-state index contributed by atoms with van der Waals surface area (Å²) in [4.78, 5) is 23.8. The van der Waals surface area contributed by atoms with E-state index in [-0.39, 0.29) is 11.8 Å². The van der Waals surface area contributed by atoms with Crippen LogP contribution in [0.5, 0.6) is 0 Å². The summed E-state index contributed by atoms with van der Waals surface area (Å²) in [7, 11) is 0. The minimum Gasteiger partial charge on any atom is -0.460 e. The summed E-state index contributed by atoms with van der Waals surface area (Å²) < 4.78 is 5.85. The molecule has 0 aliphatic rings. The monoisotopic (exact) mass is 362 g/mol. The van der Waals surface area contributed by atoms with Gasteiger partial charge in [0.05, 0.1) is 11.4 Å². The van der Waals surface area contributed by atoms with Crippen LogP contribution in [0.1, 0.15) is 30.7 Å². The van der Waals surface area contributed by atoms with Crippen molar-refractivity contribution in [1.82, 2.24) is 0 Å². The van der Waals surface area contributed by atoms with Crippen LogP contribution in [-0.4, -0.2) is 11.8 Å². The Kier molecular flexibility index (Phi) is 5.41. The highest BCUT2D eigenvalue weighted by Crippen LogP contribution is 2.28. The molecule has 3 aromatic rings. The Bertz CT molecular complexity index is 1030. The van der Waals surface area contributed by atoms with Crippen LogP contribution in [0.25, 0.3) is 17.0 Å². The van der Waals surface area contributed by atoms with Crippen LogP contribution in [0, 0.1) is 6.92 Å². The van der Waals surface area contributed by atoms with E-state index in [0.717, 1.165) is 34.3 Å². The first-order valence-corrected chi connectivity index (χ1v) is 8.85. The fraction of sp³-hybridized carbons (Fsp3) is 0.182. The third-order valence-electron chi connectivity index (χ3n) is 4.18. The molecule has 0 unspecified atom stereocenters. The molecule has 0 bridgehead atoms. The zero-order valence-corrected chi connectivity index (χ0v) is 15.6. The zero-order valence-electron chi connectivity index (χ0n) is 15.6. The van der Waals surface area contributed by atoms with Gasteiger partial charge in [-0.05, 0) is 36.8 Å². The summed E-state index contributed by atoms with van der Waals surface area (Å²) in [6.07, 6.45) is 3.99. The van der Waals surface area contributed by atoms with E-state index in [9.17, 15) is 9.59 Å². The molecule has 0 atom stereocenters. The van der Waals surface area contributed by atoms with Gasteiger partial charge in [0.1, 0.15) is 11.3 Å². The van der Waals surface area contributed by atoms with Crippen molar-refractivity contribution in [2.24, 2.45) is 0 Å². The lowest BCUT2D eigenvalue weighted by Crippen LogP contribution is -2.13. The van der Waals surface area contributed by atoms with Crippen molar-refractivity contribution in [3.8, 4) is 0 Å². The number of para-hydroxylation sites is 1. The highest BCUT2D eigenvalue weighted by Gasteiger charge is 2.11. The first-order chi connectivity index (χ1) is 13.0. The van der Waals surface area contributed by atoms with Gasteiger partial charge in [-0.3, -0.25) is 9.59 Å². The standard InChI is InChI=1S/C22H22N2O3/c1-4-20-17(16-7-5-6-8-21(16)27-20)10-12-22(26)24-19-13-14(2)9-11-18(19)23-15(3)25/h5-13H,4H2,1-3H3,(H,23,25)(H,24,26)/b12-10+. The zero-order chi connectivity index (χ0) is 19.4. The second-order valence-electron chi connectivity index (χ2n) is 6.34. The molecule has 1 aromatic heterocycles. The molecule has 0 spiro atoms. The van der Waals surface area contributed by atoms with Crippen molar-refractivity contribution in [2.45, 2.75) is 27.2 Å². The molecule has 2 amide bonds. The van der Waals surface area contributed by atoms with E-state index in [2.05, 4.69) is 10.6 Å². The second-order valence-corrected chi connectivity index (χ2v) is 6.34. The van der Waals surface area contributed by atoms with Gasteiger partial charge in [0, 0.05) is 30.4 Å². The maximum absolute atomic E-state index is 12.5. The van der Waals surface area contributed by atoms with Crippen molar-refractivity contribution in [2.75, 3.05) is 10.6 Å². The molecule has 0 radical (unpaired) electrons. The maximum atomic E-state index is 12.5. The van der Waals surface area contributed by atoms with Crippen molar-refractivity contribution in [3.05, 3.63) is 65.4 Å². The summed E-state index contributed by atoms with van der Waals surface area (Å²) in [5.74, 6) is 0.372. The molecule has 5 nitrogen and oxygen atoms in total. The number of amides is 2. The number of hydrogen-bond acceptors (Lipinski definition) is 3. The largest absolute Gasteiger partial charge is 0.460 e. The van der Waals surface area contributed by atoms with Crippen molar-refractivity contribution < 1.29 is 14.0 Å². The van der Waals surface area contributed by atoms with Crippen LogP contribution in [0.4, 0.5) is 11.4 Å². The number of carbonyl (C=O) groups excluding carboxylic acids is 2. The Morgan fingerprint density at radius 1 is 1.07 bits per heavy atom. The van der Waals surface area contributed by atoms with Gasteiger partial charge in [-0.1, -0.05) is 31.2 Å². The van der Waals surface area contributed by atoms with E-state index in [1.165, 1.54) is 13.0 Å². The number of benzene rings is 2. The first kappa shape index (κ1) is 18.5.